The fourth-order valence-corrected chi connectivity index (χ4v) is 4.73. The van der Waals surface area contributed by atoms with Gasteiger partial charge in [-0.15, -0.1) is 11.3 Å². The molecule has 1 aromatic heterocycles. The Morgan fingerprint density at radius 1 is 1.14 bits per heavy atom. The second-order valence-corrected chi connectivity index (χ2v) is 10.2. The van der Waals surface area contributed by atoms with Crippen LogP contribution >= 0.6 is 11.3 Å². The number of amides is 2. The van der Waals surface area contributed by atoms with Gasteiger partial charge >= 0.3 is 16.5 Å². The molecule has 37 heavy (non-hydrogen) atoms. The number of aliphatic imine (C=N–C) groups is 1. The summed E-state index contributed by atoms with van der Waals surface area (Å²) in [4.78, 5) is 40.2. The van der Waals surface area contributed by atoms with Crippen LogP contribution in [0.2, 0.25) is 0 Å². The number of aryl methyl sites for hydroxylation is 4. The van der Waals surface area contributed by atoms with Crippen LogP contribution in [0.15, 0.2) is 39.7 Å². The van der Waals surface area contributed by atoms with Crippen molar-refractivity contribution in [3.8, 4) is 0 Å². The molecular weight excluding hydrogens is 518 g/mol. The summed E-state index contributed by atoms with van der Waals surface area (Å²) in [6.45, 7) is 7.36. The highest BCUT2D eigenvalue weighted by Crippen LogP contribution is 2.18. The maximum Gasteiger partial charge on any atom is 0.331 e. The molecule has 200 valence electrons. The Bertz CT molecular complexity index is 1230. The largest absolute Gasteiger partial charge is 0.480 e. The monoisotopic (exact) mass is 549 g/mol. The third-order valence-electron chi connectivity index (χ3n) is 4.96. The van der Waals surface area contributed by atoms with E-state index < -0.39 is 35.0 Å². The van der Waals surface area contributed by atoms with Crippen molar-refractivity contribution in [1.29, 1.82) is 0 Å². The van der Waals surface area contributed by atoms with E-state index in [0.717, 1.165) is 17.8 Å². The quantitative estimate of drug-likeness (QED) is 0.391. The zero-order chi connectivity index (χ0) is 27.4. The summed E-state index contributed by atoms with van der Waals surface area (Å²) in [6, 6.07) is 8.24. The molecule has 3 rings (SSSR count). The van der Waals surface area contributed by atoms with E-state index in [4.69, 9.17) is 5.11 Å². The number of carboxylic acids is 1. The standard InChI is InChI=1S/C15H19N5O6S2.C9H12/c21-12(19-15-16-6-1-7-17-15)5-3-9-2-4-11(27-9)13(22)18-8-10(14(23)24)20-28(25)26;1-7-4-8(2)6-9(3)5-7/h2,4,10H,1,3,5-8H2,(H,18,22)(H,23,24)(H2,16,17,19,21);4-6H,1-3H3/t10-;/m0./s1. The summed E-state index contributed by atoms with van der Waals surface area (Å²) >= 11 is 1.17. The third-order valence-corrected chi connectivity index (χ3v) is 6.53. The van der Waals surface area contributed by atoms with Crippen molar-refractivity contribution in [1.82, 2.24) is 16.0 Å². The van der Waals surface area contributed by atoms with Crippen molar-refractivity contribution in [2.24, 2.45) is 9.36 Å². The van der Waals surface area contributed by atoms with E-state index in [1.807, 2.05) is 0 Å². The molecule has 0 fully saturated rings. The minimum absolute atomic E-state index is 0.191. The van der Waals surface area contributed by atoms with Crippen LogP contribution in [0, 0.1) is 20.8 Å². The van der Waals surface area contributed by atoms with Crippen LogP contribution in [-0.4, -0.2) is 62.9 Å². The van der Waals surface area contributed by atoms with Gasteiger partial charge in [0.25, 0.3) is 5.91 Å². The highest BCUT2D eigenvalue weighted by molar-refractivity contribution is 7.61. The minimum Gasteiger partial charge on any atom is -0.480 e. The molecule has 2 aromatic rings. The summed E-state index contributed by atoms with van der Waals surface area (Å²) < 4.78 is 24.0. The van der Waals surface area contributed by atoms with Gasteiger partial charge < -0.3 is 15.7 Å². The number of hydrogen-bond donors (Lipinski definition) is 4. The average Bonchev–Trinajstić information content (AvgIpc) is 3.29. The van der Waals surface area contributed by atoms with Gasteiger partial charge in [-0.3, -0.25) is 19.9 Å². The van der Waals surface area contributed by atoms with Gasteiger partial charge in [0.15, 0.2) is 12.0 Å². The summed E-state index contributed by atoms with van der Waals surface area (Å²) in [5, 5.41) is 16.9. The number of carboxylic acid groups (broad SMARTS) is 1. The molecule has 1 aliphatic heterocycles. The molecule has 1 aliphatic rings. The SMILES string of the molecule is Cc1cc(C)cc(C)c1.O=C(CCc1ccc(C(=O)NC[C@H](N=S(=O)=O)C(=O)O)s1)NC1=NCCCN1. The number of thiophene rings is 1. The summed E-state index contributed by atoms with van der Waals surface area (Å²) in [6.07, 6.45) is 1.58. The molecule has 1 aromatic carbocycles. The first-order valence-corrected chi connectivity index (χ1v) is 13.4. The molecule has 0 spiro atoms. The summed E-state index contributed by atoms with van der Waals surface area (Å²) in [5.74, 6) is -1.72. The highest BCUT2D eigenvalue weighted by atomic mass is 32.2. The Morgan fingerprint density at radius 3 is 2.32 bits per heavy atom. The van der Waals surface area contributed by atoms with Crippen molar-refractivity contribution < 1.29 is 27.9 Å². The lowest BCUT2D eigenvalue weighted by Crippen LogP contribution is -2.43. The first-order valence-electron chi connectivity index (χ1n) is 11.6. The van der Waals surface area contributed by atoms with Crippen LogP contribution in [0.4, 0.5) is 0 Å². The molecule has 0 saturated carbocycles. The van der Waals surface area contributed by atoms with Gasteiger partial charge in [-0.25, -0.2) is 4.79 Å². The second kappa shape index (κ2) is 14.9. The van der Waals surface area contributed by atoms with Crippen LogP contribution < -0.4 is 16.0 Å². The number of carbonyl (C=O) groups excluding carboxylic acids is 2. The van der Waals surface area contributed by atoms with Gasteiger partial charge in [-0.2, -0.15) is 12.8 Å². The van der Waals surface area contributed by atoms with Crippen molar-refractivity contribution in [2.75, 3.05) is 19.6 Å². The Kier molecular flexibility index (Phi) is 11.9. The normalized spacial score (nSPS) is 13.1. The van der Waals surface area contributed by atoms with Crippen molar-refractivity contribution in [3.63, 3.8) is 0 Å². The zero-order valence-corrected chi connectivity index (χ0v) is 22.5. The maximum atomic E-state index is 12.1. The van der Waals surface area contributed by atoms with Gasteiger partial charge in [0, 0.05) is 24.4 Å². The van der Waals surface area contributed by atoms with E-state index >= 15 is 0 Å². The van der Waals surface area contributed by atoms with E-state index in [1.54, 1.807) is 12.1 Å². The molecule has 11 nitrogen and oxygen atoms in total. The van der Waals surface area contributed by atoms with Crippen molar-refractivity contribution in [3.05, 3.63) is 56.8 Å². The van der Waals surface area contributed by atoms with Gasteiger partial charge in [-0.1, -0.05) is 34.9 Å². The van der Waals surface area contributed by atoms with Gasteiger partial charge in [0.05, 0.1) is 11.4 Å². The first-order chi connectivity index (χ1) is 17.5. The molecule has 2 amide bonds. The Hall–Kier alpha value is -3.58. The Morgan fingerprint density at radius 2 is 1.78 bits per heavy atom. The van der Waals surface area contributed by atoms with Crippen LogP contribution in [0.3, 0.4) is 0 Å². The first kappa shape index (κ1) is 29.6. The molecule has 4 N–H and O–H groups in total. The predicted molar refractivity (Wildman–Crippen MR) is 141 cm³/mol. The Labute approximate surface area is 221 Å². The molecule has 0 bridgehead atoms. The third kappa shape index (κ3) is 11.3. The van der Waals surface area contributed by atoms with E-state index in [-0.39, 0.29) is 12.3 Å². The fourth-order valence-electron chi connectivity index (χ4n) is 3.43. The van der Waals surface area contributed by atoms with Crippen LogP contribution in [-0.2, 0) is 26.5 Å². The number of nitrogens with one attached hydrogen (secondary N) is 3. The maximum absolute atomic E-state index is 12.1. The van der Waals surface area contributed by atoms with Gasteiger partial charge in [0.1, 0.15) is 0 Å². The van der Waals surface area contributed by atoms with E-state index in [0.29, 0.717) is 23.8 Å². The van der Waals surface area contributed by atoms with Gasteiger partial charge in [0.2, 0.25) is 5.91 Å². The molecule has 0 saturated heterocycles. The zero-order valence-electron chi connectivity index (χ0n) is 20.9. The Balaban J connectivity index is 0.000000449. The molecular formula is C24H31N5O6S2. The van der Waals surface area contributed by atoms with Crippen LogP contribution in [0.25, 0.3) is 0 Å². The molecule has 0 unspecified atom stereocenters. The topological polar surface area (TPSA) is 166 Å². The lowest BCUT2D eigenvalue weighted by Gasteiger charge is -2.14. The fraction of sp³-hybridized carbons (Fsp3) is 0.417. The van der Waals surface area contributed by atoms with E-state index in [9.17, 15) is 22.8 Å². The highest BCUT2D eigenvalue weighted by Gasteiger charge is 2.19. The van der Waals surface area contributed by atoms with E-state index in [2.05, 4.69) is 64.3 Å². The predicted octanol–water partition coefficient (Wildman–Crippen LogP) is 2.00. The smallest absolute Gasteiger partial charge is 0.331 e. The number of rotatable bonds is 8. The summed E-state index contributed by atoms with van der Waals surface area (Å²) in [7, 11) is -2.89. The number of aliphatic carboxylic acids is 1. The number of carbonyl (C=O) groups is 3. The number of hydrogen-bond acceptors (Lipinski definition) is 9. The minimum atomic E-state index is -2.89. The van der Waals surface area contributed by atoms with Crippen LogP contribution in [0.5, 0.6) is 0 Å². The molecule has 0 radical (unpaired) electrons. The lowest BCUT2D eigenvalue weighted by atomic mass is 10.1. The lowest BCUT2D eigenvalue weighted by molar-refractivity contribution is -0.138. The molecule has 2 heterocycles. The van der Waals surface area contributed by atoms with Crippen LogP contribution in [0.1, 0.15) is 44.1 Å². The number of nitrogens with zero attached hydrogens (tertiary/aromatic N) is 2. The second-order valence-electron chi connectivity index (χ2n) is 8.38. The van der Waals surface area contributed by atoms with Crippen molar-refractivity contribution in [2.45, 2.75) is 46.1 Å². The molecule has 0 aliphatic carbocycles. The number of guanidine groups is 1. The van der Waals surface area contributed by atoms with E-state index in [1.165, 1.54) is 28.0 Å². The van der Waals surface area contributed by atoms with Gasteiger partial charge in [-0.05, 0) is 45.7 Å². The average molecular weight is 550 g/mol. The summed E-state index contributed by atoms with van der Waals surface area (Å²) in [5.41, 5.74) is 4.06. The number of benzene rings is 1. The molecule has 1 atom stereocenters. The van der Waals surface area contributed by atoms with Crippen molar-refractivity contribution >= 4 is 45.6 Å². The molecule has 13 heteroatoms.